The summed E-state index contributed by atoms with van der Waals surface area (Å²) in [5.41, 5.74) is 0. The van der Waals surface area contributed by atoms with Gasteiger partial charge in [0.05, 0.1) is 6.42 Å². The van der Waals surface area contributed by atoms with Crippen molar-refractivity contribution in [1.82, 2.24) is 0 Å². The van der Waals surface area contributed by atoms with Crippen molar-refractivity contribution in [3.05, 3.63) is 12.7 Å². The number of carbonyl (C=O) groups is 2. The lowest BCUT2D eigenvalue weighted by Gasteiger charge is -1.95. The molecule has 0 aliphatic heterocycles. The van der Waals surface area contributed by atoms with Gasteiger partial charge in [0.1, 0.15) is 5.88 Å². The van der Waals surface area contributed by atoms with Crippen LogP contribution >= 0.6 is 11.6 Å². The molecule has 0 saturated heterocycles. The lowest BCUT2D eigenvalue weighted by molar-refractivity contribution is -0.157. The molecule has 0 spiro atoms. The average Bonchev–Trinajstić information content (AvgIpc) is 1.88. The van der Waals surface area contributed by atoms with Crippen LogP contribution in [0.15, 0.2) is 12.7 Å². The molecule has 0 bridgehead atoms. The van der Waals surface area contributed by atoms with Crippen LogP contribution in [-0.4, -0.2) is 17.8 Å². The zero-order valence-corrected chi connectivity index (χ0v) is 6.06. The molecule has 0 atom stereocenters. The summed E-state index contributed by atoms with van der Waals surface area (Å²) in [6.45, 7) is 3.29. The Hall–Kier alpha value is -0.830. The van der Waals surface area contributed by atoms with Gasteiger partial charge in [0, 0.05) is 0 Å². The second kappa shape index (κ2) is 4.99. The fourth-order valence-corrected chi connectivity index (χ4v) is 0.368. The fraction of sp³-hybridized carbons (Fsp3) is 0.333. The Morgan fingerprint density at radius 1 is 1.50 bits per heavy atom. The topological polar surface area (TPSA) is 43.4 Å². The molecule has 0 rings (SSSR count). The van der Waals surface area contributed by atoms with Gasteiger partial charge in [-0.05, 0) is 0 Å². The molecule has 0 aliphatic carbocycles. The van der Waals surface area contributed by atoms with Crippen LogP contribution in [0, 0.1) is 0 Å². The van der Waals surface area contributed by atoms with Gasteiger partial charge in [-0.3, -0.25) is 9.59 Å². The molecule has 0 heterocycles. The van der Waals surface area contributed by atoms with Crippen molar-refractivity contribution < 1.29 is 14.3 Å². The van der Waals surface area contributed by atoms with Crippen LogP contribution in [0.25, 0.3) is 0 Å². The smallest absolute Gasteiger partial charge is 0.328 e. The van der Waals surface area contributed by atoms with Crippen LogP contribution in [0.3, 0.4) is 0 Å². The highest BCUT2D eigenvalue weighted by atomic mass is 35.5. The minimum atomic E-state index is -0.728. The highest BCUT2D eigenvalue weighted by Gasteiger charge is 2.05. The van der Waals surface area contributed by atoms with Crippen LogP contribution < -0.4 is 0 Å². The largest absolute Gasteiger partial charge is 0.392 e. The van der Waals surface area contributed by atoms with E-state index in [2.05, 4.69) is 11.3 Å². The molecule has 0 aromatic carbocycles. The first kappa shape index (κ1) is 9.17. The maximum absolute atomic E-state index is 10.4. The van der Waals surface area contributed by atoms with Gasteiger partial charge in [-0.15, -0.1) is 18.2 Å². The SMILES string of the molecule is C=CCC(=O)OC(=O)CCl. The number of hydrogen-bond acceptors (Lipinski definition) is 3. The number of alkyl halides is 1. The third-order valence-corrected chi connectivity index (χ3v) is 0.866. The number of ether oxygens (including phenoxy) is 1. The number of rotatable bonds is 3. The second-order valence-electron chi connectivity index (χ2n) is 1.47. The van der Waals surface area contributed by atoms with E-state index in [0.717, 1.165) is 0 Å². The number of hydrogen-bond donors (Lipinski definition) is 0. The third kappa shape index (κ3) is 4.09. The quantitative estimate of drug-likeness (QED) is 0.268. The molecule has 0 fully saturated rings. The van der Waals surface area contributed by atoms with Gasteiger partial charge in [0.2, 0.25) is 0 Å². The van der Waals surface area contributed by atoms with Gasteiger partial charge in [0.15, 0.2) is 0 Å². The molecule has 0 N–H and O–H groups in total. The molecule has 3 nitrogen and oxygen atoms in total. The Labute approximate surface area is 63.6 Å². The molecule has 0 aromatic rings. The standard InChI is InChI=1S/C6H7ClO3/c1-2-3-5(8)10-6(9)4-7/h2H,1,3-4H2. The van der Waals surface area contributed by atoms with Crippen molar-refractivity contribution in [3.8, 4) is 0 Å². The monoisotopic (exact) mass is 162 g/mol. The average molecular weight is 163 g/mol. The summed E-state index contributed by atoms with van der Waals surface area (Å²) >= 11 is 5.04. The Morgan fingerprint density at radius 2 is 2.10 bits per heavy atom. The van der Waals surface area contributed by atoms with Crippen LogP contribution in [-0.2, 0) is 14.3 Å². The van der Waals surface area contributed by atoms with Gasteiger partial charge < -0.3 is 4.74 Å². The van der Waals surface area contributed by atoms with Crippen LogP contribution in [0.1, 0.15) is 6.42 Å². The predicted octanol–water partition coefficient (Wildman–Crippen LogP) is 0.871. The van der Waals surface area contributed by atoms with Gasteiger partial charge in [-0.2, -0.15) is 0 Å². The molecule has 0 saturated carbocycles. The van der Waals surface area contributed by atoms with E-state index >= 15 is 0 Å². The van der Waals surface area contributed by atoms with Crippen molar-refractivity contribution in [2.24, 2.45) is 0 Å². The number of halogens is 1. The van der Waals surface area contributed by atoms with E-state index in [1.807, 2.05) is 0 Å². The summed E-state index contributed by atoms with van der Waals surface area (Å²) in [6.07, 6.45) is 1.38. The zero-order valence-electron chi connectivity index (χ0n) is 5.30. The van der Waals surface area contributed by atoms with E-state index in [4.69, 9.17) is 11.6 Å². The zero-order chi connectivity index (χ0) is 7.98. The molecular weight excluding hydrogens is 156 g/mol. The molecule has 10 heavy (non-hydrogen) atoms. The molecule has 0 unspecified atom stereocenters. The molecule has 4 heteroatoms. The van der Waals surface area contributed by atoms with Gasteiger partial charge in [-0.1, -0.05) is 6.08 Å². The van der Waals surface area contributed by atoms with Crippen LogP contribution in [0.4, 0.5) is 0 Å². The fourth-order valence-electron chi connectivity index (χ4n) is 0.314. The highest BCUT2D eigenvalue weighted by Crippen LogP contribution is 1.89. The molecule has 0 aromatic heterocycles. The van der Waals surface area contributed by atoms with Gasteiger partial charge >= 0.3 is 11.9 Å². The summed E-state index contributed by atoms with van der Waals surface area (Å²) in [7, 11) is 0. The second-order valence-corrected chi connectivity index (χ2v) is 1.74. The van der Waals surface area contributed by atoms with Crippen molar-refractivity contribution >= 4 is 23.5 Å². The summed E-state index contributed by atoms with van der Waals surface area (Å²) in [4.78, 5) is 20.7. The maximum atomic E-state index is 10.4. The first-order chi connectivity index (χ1) is 4.70. The number of esters is 2. The Morgan fingerprint density at radius 3 is 2.50 bits per heavy atom. The summed E-state index contributed by atoms with van der Waals surface area (Å²) in [5.74, 6) is -1.66. The first-order valence-corrected chi connectivity index (χ1v) is 3.14. The van der Waals surface area contributed by atoms with Crippen molar-refractivity contribution in [2.75, 3.05) is 5.88 Å². The Bertz CT molecular complexity index is 153. The van der Waals surface area contributed by atoms with Crippen molar-refractivity contribution in [1.29, 1.82) is 0 Å². The Kier molecular flexibility index (Phi) is 4.58. The minimum absolute atomic E-state index is 0.0304. The van der Waals surface area contributed by atoms with E-state index < -0.39 is 11.9 Å². The molecule has 0 radical (unpaired) electrons. The summed E-state index contributed by atoms with van der Waals surface area (Å²) in [5, 5.41) is 0. The van der Waals surface area contributed by atoms with E-state index in [1.165, 1.54) is 6.08 Å². The first-order valence-electron chi connectivity index (χ1n) is 2.61. The predicted molar refractivity (Wildman–Crippen MR) is 36.6 cm³/mol. The van der Waals surface area contributed by atoms with Gasteiger partial charge in [0.25, 0.3) is 0 Å². The Balaban J connectivity index is 3.57. The van der Waals surface area contributed by atoms with E-state index in [1.54, 1.807) is 0 Å². The van der Waals surface area contributed by atoms with Crippen molar-refractivity contribution in [2.45, 2.75) is 6.42 Å². The maximum Gasteiger partial charge on any atom is 0.328 e. The minimum Gasteiger partial charge on any atom is -0.392 e. The van der Waals surface area contributed by atoms with Crippen LogP contribution in [0.5, 0.6) is 0 Å². The lowest BCUT2D eigenvalue weighted by atomic mass is 10.4. The van der Waals surface area contributed by atoms with Crippen LogP contribution in [0.2, 0.25) is 0 Å². The summed E-state index contributed by atoms with van der Waals surface area (Å²) in [6, 6.07) is 0. The number of carbonyl (C=O) groups excluding carboxylic acids is 2. The summed E-state index contributed by atoms with van der Waals surface area (Å²) < 4.78 is 4.16. The van der Waals surface area contributed by atoms with E-state index in [9.17, 15) is 9.59 Å². The van der Waals surface area contributed by atoms with E-state index in [0.29, 0.717) is 0 Å². The third-order valence-electron chi connectivity index (χ3n) is 0.648. The van der Waals surface area contributed by atoms with E-state index in [-0.39, 0.29) is 12.3 Å². The molecule has 56 valence electrons. The molecule has 0 amide bonds. The molecular formula is C6H7ClO3. The van der Waals surface area contributed by atoms with Gasteiger partial charge in [-0.25, -0.2) is 0 Å². The molecule has 0 aliphatic rings. The lowest BCUT2D eigenvalue weighted by Crippen LogP contribution is -2.11. The highest BCUT2D eigenvalue weighted by molar-refractivity contribution is 6.27. The van der Waals surface area contributed by atoms with Crippen molar-refractivity contribution in [3.63, 3.8) is 0 Å². The normalized spacial score (nSPS) is 8.50.